The Morgan fingerprint density at radius 1 is 1.44 bits per heavy atom. The van der Waals surface area contributed by atoms with Gasteiger partial charge >= 0.3 is 0 Å². The number of hydrogen-bond acceptors (Lipinski definition) is 1. The van der Waals surface area contributed by atoms with Gasteiger partial charge in [-0.2, -0.15) is 0 Å². The van der Waals surface area contributed by atoms with Gasteiger partial charge in [-0.3, -0.25) is 0 Å². The van der Waals surface area contributed by atoms with Crippen LogP contribution < -0.4 is 0 Å². The van der Waals surface area contributed by atoms with Crippen LogP contribution in [0.5, 0.6) is 0 Å². The number of aliphatic hydroxyl groups excluding tert-OH is 1. The lowest BCUT2D eigenvalue weighted by atomic mass is 10.0. The zero-order chi connectivity index (χ0) is 7.28. The molecule has 2 heteroatoms. The molecule has 2 atom stereocenters. The van der Waals surface area contributed by atoms with Crippen LogP contribution in [0.1, 0.15) is 33.1 Å². The SMILES string of the molecule is CCC(C)CCC(O)Cl. The summed E-state index contributed by atoms with van der Waals surface area (Å²) in [5.41, 5.74) is -0.640. The third-order valence-electron chi connectivity index (χ3n) is 1.59. The summed E-state index contributed by atoms with van der Waals surface area (Å²) in [6.07, 6.45) is 2.92. The van der Waals surface area contributed by atoms with Gasteiger partial charge in [-0.25, -0.2) is 0 Å². The van der Waals surface area contributed by atoms with Crippen LogP contribution in [0.15, 0.2) is 0 Å². The normalized spacial score (nSPS) is 17.3. The lowest BCUT2D eigenvalue weighted by molar-refractivity contribution is 0.232. The minimum absolute atomic E-state index is 0.640. The molecular formula is C7H15ClO. The Balaban J connectivity index is 3.06. The molecule has 0 spiro atoms. The largest absolute Gasteiger partial charge is 0.378 e. The topological polar surface area (TPSA) is 20.2 Å². The minimum atomic E-state index is -0.640. The van der Waals surface area contributed by atoms with Crippen LogP contribution in [0.3, 0.4) is 0 Å². The van der Waals surface area contributed by atoms with E-state index in [2.05, 4.69) is 13.8 Å². The highest BCUT2D eigenvalue weighted by atomic mass is 35.5. The van der Waals surface area contributed by atoms with Gasteiger partial charge in [0, 0.05) is 0 Å². The molecule has 0 radical (unpaired) electrons. The first-order chi connectivity index (χ1) is 4.16. The molecule has 0 aliphatic heterocycles. The summed E-state index contributed by atoms with van der Waals surface area (Å²) < 4.78 is 0. The molecule has 0 rings (SSSR count). The quantitative estimate of drug-likeness (QED) is 0.611. The number of rotatable bonds is 4. The molecule has 0 saturated heterocycles. The molecule has 0 bridgehead atoms. The highest BCUT2D eigenvalue weighted by Gasteiger charge is 2.01. The molecule has 0 fully saturated rings. The van der Waals surface area contributed by atoms with Crippen molar-refractivity contribution in [3.63, 3.8) is 0 Å². The summed E-state index contributed by atoms with van der Waals surface area (Å²) in [5, 5.41) is 8.66. The summed E-state index contributed by atoms with van der Waals surface area (Å²) >= 11 is 5.33. The number of alkyl halides is 1. The van der Waals surface area contributed by atoms with E-state index in [0.29, 0.717) is 5.92 Å². The van der Waals surface area contributed by atoms with E-state index < -0.39 is 5.56 Å². The smallest absolute Gasteiger partial charge is 0.128 e. The van der Waals surface area contributed by atoms with E-state index in [1.54, 1.807) is 0 Å². The lowest BCUT2D eigenvalue weighted by Crippen LogP contribution is -1.99. The van der Waals surface area contributed by atoms with E-state index in [-0.39, 0.29) is 0 Å². The maximum atomic E-state index is 8.66. The standard InChI is InChI=1S/C7H15ClO/c1-3-6(2)4-5-7(8)9/h6-7,9H,3-5H2,1-2H3. The zero-order valence-corrected chi connectivity index (χ0v) is 6.86. The van der Waals surface area contributed by atoms with Gasteiger partial charge in [-0.15, -0.1) is 0 Å². The Bertz CT molecular complexity index is 63.9. The molecule has 0 aliphatic carbocycles. The first-order valence-corrected chi connectivity index (χ1v) is 3.92. The Hall–Kier alpha value is 0.250. The number of halogens is 1. The van der Waals surface area contributed by atoms with Gasteiger partial charge in [0.2, 0.25) is 0 Å². The highest BCUT2D eigenvalue weighted by molar-refractivity contribution is 6.19. The third kappa shape index (κ3) is 6.13. The van der Waals surface area contributed by atoms with E-state index in [0.717, 1.165) is 12.8 Å². The zero-order valence-electron chi connectivity index (χ0n) is 6.10. The van der Waals surface area contributed by atoms with Gasteiger partial charge in [0.25, 0.3) is 0 Å². The van der Waals surface area contributed by atoms with E-state index in [1.807, 2.05) is 0 Å². The summed E-state index contributed by atoms with van der Waals surface area (Å²) in [6, 6.07) is 0. The van der Waals surface area contributed by atoms with Crippen molar-refractivity contribution in [2.75, 3.05) is 0 Å². The molecule has 1 N–H and O–H groups in total. The Morgan fingerprint density at radius 3 is 2.33 bits per heavy atom. The molecule has 0 aliphatic rings. The second-order valence-electron chi connectivity index (χ2n) is 2.53. The van der Waals surface area contributed by atoms with E-state index in [1.165, 1.54) is 6.42 Å². The van der Waals surface area contributed by atoms with Gasteiger partial charge in [0.1, 0.15) is 5.56 Å². The highest BCUT2D eigenvalue weighted by Crippen LogP contribution is 2.12. The molecule has 0 aromatic heterocycles. The van der Waals surface area contributed by atoms with Crippen molar-refractivity contribution in [3.8, 4) is 0 Å². The van der Waals surface area contributed by atoms with E-state index in [9.17, 15) is 0 Å². The molecule has 0 aromatic rings. The second kappa shape index (κ2) is 5.07. The fourth-order valence-corrected chi connectivity index (χ4v) is 0.752. The Labute approximate surface area is 62.0 Å². The Kier molecular flexibility index (Phi) is 5.21. The molecule has 9 heavy (non-hydrogen) atoms. The molecule has 0 heterocycles. The van der Waals surface area contributed by atoms with Crippen molar-refractivity contribution < 1.29 is 5.11 Å². The predicted octanol–water partition coefficient (Wildman–Crippen LogP) is 2.37. The molecule has 2 unspecified atom stereocenters. The van der Waals surface area contributed by atoms with Crippen LogP contribution in [0.25, 0.3) is 0 Å². The van der Waals surface area contributed by atoms with Gasteiger partial charge in [0.15, 0.2) is 0 Å². The molecule has 1 nitrogen and oxygen atoms in total. The van der Waals surface area contributed by atoms with Crippen molar-refractivity contribution in [1.82, 2.24) is 0 Å². The van der Waals surface area contributed by atoms with Crippen LogP contribution in [0.2, 0.25) is 0 Å². The first-order valence-electron chi connectivity index (χ1n) is 3.49. The van der Waals surface area contributed by atoms with Crippen molar-refractivity contribution in [1.29, 1.82) is 0 Å². The first kappa shape index (κ1) is 9.25. The van der Waals surface area contributed by atoms with Crippen molar-refractivity contribution in [2.24, 2.45) is 5.92 Å². The summed E-state index contributed by atoms with van der Waals surface area (Å²) in [6.45, 7) is 4.31. The van der Waals surface area contributed by atoms with Crippen LogP contribution >= 0.6 is 11.6 Å². The van der Waals surface area contributed by atoms with Crippen molar-refractivity contribution >= 4 is 11.6 Å². The van der Waals surface area contributed by atoms with Crippen LogP contribution in [0.4, 0.5) is 0 Å². The maximum Gasteiger partial charge on any atom is 0.128 e. The fourth-order valence-electron chi connectivity index (χ4n) is 0.626. The third-order valence-corrected chi connectivity index (χ3v) is 1.81. The van der Waals surface area contributed by atoms with E-state index >= 15 is 0 Å². The van der Waals surface area contributed by atoms with Crippen LogP contribution in [0, 0.1) is 5.92 Å². The fraction of sp³-hybridized carbons (Fsp3) is 1.00. The second-order valence-corrected chi connectivity index (χ2v) is 3.03. The average molecular weight is 151 g/mol. The van der Waals surface area contributed by atoms with E-state index in [4.69, 9.17) is 16.7 Å². The van der Waals surface area contributed by atoms with Crippen molar-refractivity contribution in [2.45, 2.75) is 38.7 Å². The van der Waals surface area contributed by atoms with Gasteiger partial charge in [-0.1, -0.05) is 31.9 Å². The van der Waals surface area contributed by atoms with Gasteiger partial charge in [0.05, 0.1) is 0 Å². The molecule has 0 amide bonds. The molecular weight excluding hydrogens is 136 g/mol. The average Bonchev–Trinajstić information content (AvgIpc) is 1.83. The lowest BCUT2D eigenvalue weighted by Gasteiger charge is -2.07. The molecule has 56 valence electrons. The maximum absolute atomic E-state index is 8.66. The van der Waals surface area contributed by atoms with Gasteiger partial charge in [-0.05, 0) is 18.8 Å². The number of aliphatic hydroxyl groups is 1. The summed E-state index contributed by atoms with van der Waals surface area (Å²) in [4.78, 5) is 0. The molecule has 0 saturated carbocycles. The summed E-state index contributed by atoms with van der Waals surface area (Å²) in [5.74, 6) is 0.693. The number of hydrogen-bond donors (Lipinski definition) is 1. The molecule has 0 aromatic carbocycles. The van der Waals surface area contributed by atoms with Gasteiger partial charge < -0.3 is 5.11 Å². The predicted molar refractivity (Wildman–Crippen MR) is 40.5 cm³/mol. The minimum Gasteiger partial charge on any atom is -0.378 e. The monoisotopic (exact) mass is 150 g/mol. The van der Waals surface area contributed by atoms with Crippen molar-refractivity contribution in [3.05, 3.63) is 0 Å². The van der Waals surface area contributed by atoms with Crippen LogP contribution in [-0.4, -0.2) is 10.7 Å². The van der Waals surface area contributed by atoms with Crippen LogP contribution in [-0.2, 0) is 0 Å². The summed E-state index contributed by atoms with van der Waals surface area (Å²) in [7, 11) is 0. The Morgan fingerprint density at radius 2 is 2.00 bits per heavy atom.